The number of nitrogens with one attached hydrogen (secondary N) is 1. The number of aromatic nitrogens is 2. The first-order valence-electron chi connectivity index (χ1n) is 9.74. The molecule has 1 saturated carbocycles. The van der Waals surface area contributed by atoms with Gasteiger partial charge in [0.05, 0.1) is 5.56 Å². The molecule has 1 aliphatic rings. The molecule has 29 heavy (non-hydrogen) atoms. The highest BCUT2D eigenvalue weighted by atomic mass is 16.2. The van der Waals surface area contributed by atoms with E-state index in [-0.39, 0.29) is 11.8 Å². The van der Waals surface area contributed by atoms with Crippen molar-refractivity contribution >= 4 is 17.6 Å². The Morgan fingerprint density at radius 2 is 1.72 bits per heavy atom. The topological polar surface area (TPSA) is 98.0 Å². The number of pyridine rings is 2. The lowest BCUT2D eigenvalue weighted by molar-refractivity contribution is -0.119. The maximum Gasteiger partial charge on any atom is 0.249 e. The zero-order valence-corrected chi connectivity index (χ0v) is 16.0. The maximum atomic E-state index is 12.8. The van der Waals surface area contributed by atoms with Crippen LogP contribution in [0.1, 0.15) is 36.0 Å². The molecule has 146 valence electrons. The van der Waals surface area contributed by atoms with Crippen LogP contribution < -0.4 is 11.1 Å². The fourth-order valence-electron chi connectivity index (χ4n) is 3.90. The summed E-state index contributed by atoms with van der Waals surface area (Å²) < 4.78 is 0. The van der Waals surface area contributed by atoms with Crippen LogP contribution in [0.4, 0.5) is 5.82 Å². The molecular formula is C23H22N4O2. The van der Waals surface area contributed by atoms with E-state index in [1.54, 1.807) is 18.5 Å². The molecule has 3 aromatic rings. The Bertz CT molecular complexity index is 1040. The van der Waals surface area contributed by atoms with Gasteiger partial charge in [0.2, 0.25) is 11.8 Å². The molecule has 6 heteroatoms. The first kappa shape index (κ1) is 18.8. The number of amides is 2. The summed E-state index contributed by atoms with van der Waals surface area (Å²) >= 11 is 0. The summed E-state index contributed by atoms with van der Waals surface area (Å²) in [5.74, 6) is -0.336. The second-order valence-corrected chi connectivity index (χ2v) is 7.20. The van der Waals surface area contributed by atoms with Crippen LogP contribution in [0.5, 0.6) is 0 Å². The van der Waals surface area contributed by atoms with Crippen LogP contribution in [0.15, 0.2) is 61.1 Å². The Balaban J connectivity index is 1.85. The lowest BCUT2D eigenvalue weighted by atomic mass is 9.93. The summed E-state index contributed by atoms with van der Waals surface area (Å²) in [5.41, 5.74) is 9.01. The molecule has 0 radical (unpaired) electrons. The average Bonchev–Trinajstić information content (AvgIpc) is 3.29. The van der Waals surface area contributed by atoms with Crippen molar-refractivity contribution in [2.75, 3.05) is 5.32 Å². The van der Waals surface area contributed by atoms with E-state index in [9.17, 15) is 9.59 Å². The Morgan fingerprint density at radius 1 is 0.966 bits per heavy atom. The van der Waals surface area contributed by atoms with Crippen molar-refractivity contribution in [3.63, 3.8) is 0 Å². The Hall–Kier alpha value is -3.54. The number of anilines is 1. The summed E-state index contributed by atoms with van der Waals surface area (Å²) in [5, 5.41) is 2.94. The summed E-state index contributed by atoms with van der Waals surface area (Å²) in [6, 6.07) is 13.2. The van der Waals surface area contributed by atoms with Crippen LogP contribution in [-0.4, -0.2) is 21.8 Å². The standard InChI is InChI=1S/C23H22N4O2/c24-21(28)18-11-13-26-22(27-23(29)16-8-4-5-9-16)20(18)19-14-25-12-10-17(19)15-6-2-1-3-7-15/h1-3,6-7,10-14,16H,4-5,8-9H2,(H2,24,28)(H,26,27,29). The van der Waals surface area contributed by atoms with E-state index in [2.05, 4.69) is 15.3 Å². The molecule has 1 aromatic carbocycles. The molecule has 6 nitrogen and oxygen atoms in total. The molecule has 1 aliphatic carbocycles. The van der Waals surface area contributed by atoms with Crippen molar-refractivity contribution < 1.29 is 9.59 Å². The minimum atomic E-state index is -0.582. The van der Waals surface area contributed by atoms with Gasteiger partial charge in [-0.25, -0.2) is 4.98 Å². The molecule has 0 spiro atoms. The van der Waals surface area contributed by atoms with Gasteiger partial charge >= 0.3 is 0 Å². The van der Waals surface area contributed by atoms with Gasteiger partial charge in [0, 0.05) is 35.6 Å². The lowest BCUT2D eigenvalue weighted by Gasteiger charge is -2.17. The first-order valence-corrected chi connectivity index (χ1v) is 9.74. The van der Waals surface area contributed by atoms with Crippen molar-refractivity contribution in [2.24, 2.45) is 11.7 Å². The summed E-state index contributed by atoms with van der Waals surface area (Å²) in [6.07, 6.45) is 8.73. The average molecular weight is 386 g/mol. The Kier molecular flexibility index (Phi) is 5.33. The zero-order valence-electron chi connectivity index (χ0n) is 16.0. The molecule has 0 aliphatic heterocycles. The highest BCUT2D eigenvalue weighted by Gasteiger charge is 2.26. The SMILES string of the molecule is NC(=O)c1ccnc(NC(=O)C2CCCC2)c1-c1cnccc1-c1ccccc1. The molecule has 0 saturated heterocycles. The van der Waals surface area contributed by atoms with E-state index in [0.717, 1.165) is 36.8 Å². The predicted molar refractivity (Wildman–Crippen MR) is 112 cm³/mol. The largest absolute Gasteiger partial charge is 0.366 e. The van der Waals surface area contributed by atoms with Crippen molar-refractivity contribution in [3.05, 3.63) is 66.6 Å². The van der Waals surface area contributed by atoms with Gasteiger partial charge in [0.15, 0.2) is 0 Å². The van der Waals surface area contributed by atoms with Crippen molar-refractivity contribution in [1.29, 1.82) is 0 Å². The third-order valence-electron chi connectivity index (χ3n) is 5.36. The van der Waals surface area contributed by atoms with Gasteiger partial charge in [-0.3, -0.25) is 14.6 Å². The number of rotatable bonds is 5. The summed E-state index contributed by atoms with van der Waals surface area (Å²) in [7, 11) is 0. The smallest absolute Gasteiger partial charge is 0.249 e. The number of nitrogens with zero attached hydrogens (tertiary/aromatic N) is 2. The number of carbonyl (C=O) groups excluding carboxylic acids is 2. The highest BCUT2D eigenvalue weighted by Crippen LogP contribution is 2.37. The molecule has 1 fully saturated rings. The minimum Gasteiger partial charge on any atom is -0.366 e. The van der Waals surface area contributed by atoms with E-state index >= 15 is 0 Å². The number of hydrogen-bond acceptors (Lipinski definition) is 4. The molecule has 2 amide bonds. The highest BCUT2D eigenvalue weighted by molar-refractivity contribution is 6.07. The molecule has 0 unspecified atom stereocenters. The molecule has 4 rings (SSSR count). The predicted octanol–water partition coefficient (Wildman–Crippen LogP) is 4.04. The van der Waals surface area contributed by atoms with Gasteiger partial charge in [-0.1, -0.05) is 43.2 Å². The van der Waals surface area contributed by atoms with Crippen molar-refractivity contribution in [3.8, 4) is 22.3 Å². The van der Waals surface area contributed by atoms with Crippen LogP contribution >= 0.6 is 0 Å². The van der Waals surface area contributed by atoms with Gasteiger partial charge < -0.3 is 11.1 Å². The number of carbonyl (C=O) groups is 2. The number of benzene rings is 1. The minimum absolute atomic E-state index is 0.0237. The Labute approximate surface area is 169 Å². The maximum absolute atomic E-state index is 12.8. The summed E-state index contributed by atoms with van der Waals surface area (Å²) in [4.78, 5) is 33.6. The lowest BCUT2D eigenvalue weighted by Crippen LogP contribution is -2.22. The third-order valence-corrected chi connectivity index (χ3v) is 5.36. The molecule has 0 atom stereocenters. The van der Waals surface area contributed by atoms with Crippen LogP contribution in [0.3, 0.4) is 0 Å². The van der Waals surface area contributed by atoms with Crippen LogP contribution in [0, 0.1) is 5.92 Å². The van der Waals surface area contributed by atoms with E-state index in [1.165, 1.54) is 6.20 Å². The second-order valence-electron chi connectivity index (χ2n) is 7.20. The second kappa shape index (κ2) is 8.22. The molecule has 3 N–H and O–H groups in total. The van der Waals surface area contributed by atoms with Crippen LogP contribution in [0.25, 0.3) is 22.3 Å². The number of hydrogen-bond donors (Lipinski definition) is 2. The molecular weight excluding hydrogens is 364 g/mol. The Morgan fingerprint density at radius 3 is 2.45 bits per heavy atom. The molecule has 2 heterocycles. The van der Waals surface area contributed by atoms with Crippen molar-refractivity contribution in [2.45, 2.75) is 25.7 Å². The first-order chi connectivity index (χ1) is 14.1. The number of primary amides is 1. The fourth-order valence-corrected chi connectivity index (χ4v) is 3.90. The van der Waals surface area contributed by atoms with E-state index < -0.39 is 5.91 Å². The molecule has 2 aromatic heterocycles. The number of nitrogens with two attached hydrogens (primary N) is 1. The monoisotopic (exact) mass is 386 g/mol. The van der Waals surface area contributed by atoms with Crippen LogP contribution in [0.2, 0.25) is 0 Å². The van der Waals surface area contributed by atoms with Gasteiger partial charge in [0.25, 0.3) is 0 Å². The van der Waals surface area contributed by atoms with Gasteiger partial charge in [-0.05, 0) is 36.1 Å². The normalized spacial score (nSPS) is 13.9. The van der Waals surface area contributed by atoms with Gasteiger partial charge in [-0.2, -0.15) is 0 Å². The van der Waals surface area contributed by atoms with Crippen molar-refractivity contribution in [1.82, 2.24) is 9.97 Å². The fraction of sp³-hybridized carbons (Fsp3) is 0.217. The summed E-state index contributed by atoms with van der Waals surface area (Å²) in [6.45, 7) is 0. The van der Waals surface area contributed by atoms with Gasteiger partial charge in [-0.15, -0.1) is 0 Å². The van der Waals surface area contributed by atoms with E-state index in [1.807, 2.05) is 36.4 Å². The quantitative estimate of drug-likeness (QED) is 0.691. The zero-order chi connectivity index (χ0) is 20.2. The van der Waals surface area contributed by atoms with Crippen LogP contribution in [-0.2, 0) is 4.79 Å². The van der Waals surface area contributed by atoms with Gasteiger partial charge in [0.1, 0.15) is 5.82 Å². The van der Waals surface area contributed by atoms with E-state index in [0.29, 0.717) is 22.5 Å². The molecule has 0 bridgehead atoms. The third kappa shape index (κ3) is 3.87. The van der Waals surface area contributed by atoms with E-state index in [4.69, 9.17) is 5.73 Å².